The molecule has 0 spiro atoms. The lowest BCUT2D eigenvalue weighted by molar-refractivity contribution is -0.120. The highest BCUT2D eigenvalue weighted by molar-refractivity contribution is 5.94. The summed E-state index contributed by atoms with van der Waals surface area (Å²) in [5, 5.41) is 5.50. The molecule has 0 aliphatic rings. The molecule has 5 nitrogen and oxygen atoms in total. The summed E-state index contributed by atoms with van der Waals surface area (Å²) in [6, 6.07) is 7.57. The van der Waals surface area contributed by atoms with E-state index in [1.165, 1.54) is 5.56 Å². The van der Waals surface area contributed by atoms with Gasteiger partial charge in [0.15, 0.2) is 0 Å². The zero-order valence-electron chi connectivity index (χ0n) is 14.1. The summed E-state index contributed by atoms with van der Waals surface area (Å²) in [6.07, 6.45) is 1.04. The molecule has 0 atom stereocenters. The molecule has 0 saturated carbocycles. The van der Waals surface area contributed by atoms with Crippen LogP contribution in [0.5, 0.6) is 0 Å². The van der Waals surface area contributed by atoms with E-state index in [0.29, 0.717) is 25.2 Å². The van der Waals surface area contributed by atoms with Crippen molar-refractivity contribution in [3.05, 3.63) is 35.4 Å². The summed E-state index contributed by atoms with van der Waals surface area (Å²) in [5.41, 5.74) is 7.21. The van der Waals surface area contributed by atoms with Crippen LogP contribution in [0.4, 0.5) is 0 Å². The van der Waals surface area contributed by atoms with Crippen molar-refractivity contribution in [1.29, 1.82) is 0 Å². The van der Waals surface area contributed by atoms with Gasteiger partial charge in [-0.3, -0.25) is 9.59 Å². The molecule has 23 heavy (non-hydrogen) atoms. The molecule has 0 aliphatic heterocycles. The summed E-state index contributed by atoms with van der Waals surface area (Å²) < 4.78 is 0. The molecular formula is C17H28ClN3O2. The van der Waals surface area contributed by atoms with Crippen LogP contribution in [-0.2, 0) is 10.2 Å². The van der Waals surface area contributed by atoms with Gasteiger partial charge < -0.3 is 16.4 Å². The maximum atomic E-state index is 12.0. The fraction of sp³-hybridized carbons (Fsp3) is 0.529. The quantitative estimate of drug-likeness (QED) is 0.663. The van der Waals surface area contributed by atoms with E-state index < -0.39 is 0 Å². The van der Waals surface area contributed by atoms with Gasteiger partial charge >= 0.3 is 0 Å². The van der Waals surface area contributed by atoms with Crippen molar-refractivity contribution in [2.45, 2.75) is 39.0 Å². The first kappa shape index (κ1) is 21.4. The number of benzene rings is 1. The van der Waals surface area contributed by atoms with Crippen molar-refractivity contribution >= 4 is 24.2 Å². The Hall–Kier alpha value is -1.59. The fourth-order valence-corrected chi connectivity index (χ4v) is 1.93. The Kier molecular flexibility index (Phi) is 9.53. The lowest BCUT2D eigenvalue weighted by Gasteiger charge is -2.19. The van der Waals surface area contributed by atoms with E-state index in [2.05, 4.69) is 31.4 Å². The monoisotopic (exact) mass is 341 g/mol. The number of hydrogen-bond donors (Lipinski definition) is 3. The van der Waals surface area contributed by atoms with Gasteiger partial charge in [-0.1, -0.05) is 32.9 Å². The van der Waals surface area contributed by atoms with Crippen molar-refractivity contribution in [3.8, 4) is 0 Å². The number of carbonyl (C=O) groups excluding carboxylic acids is 2. The van der Waals surface area contributed by atoms with E-state index in [9.17, 15) is 9.59 Å². The van der Waals surface area contributed by atoms with Gasteiger partial charge in [-0.15, -0.1) is 12.4 Å². The number of nitrogens with one attached hydrogen (secondary N) is 2. The molecule has 0 saturated heterocycles. The fourth-order valence-electron chi connectivity index (χ4n) is 1.93. The number of hydrogen-bond acceptors (Lipinski definition) is 3. The van der Waals surface area contributed by atoms with Gasteiger partial charge in [-0.2, -0.15) is 0 Å². The van der Waals surface area contributed by atoms with Crippen molar-refractivity contribution in [2.75, 3.05) is 19.6 Å². The summed E-state index contributed by atoms with van der Waals surface area (Å²) >= 11 is 0. The highest BCUT2D eigenvalue weighted by Gasteiger charge is 2.14. The average Bonchev–Trinajstić information content (AvgIpc) is 2.46. The van der Waals surface area contributed by atoms with Crippen LogP contribution in [0.1, 0.15) is 49.5 Å². The second-order valence-corrected chi connectivity index (χ2v) is 6.33. The van der Waals surface area contributed by atoms with Crippen LogP contribution >= 0.6 is 12.4 Å². The predicted molar refractivity (Wildman–Crippen MR) is 96.0 cm³/mol. The minimum absolute atomic E-state index is 0. The first-order valence-corrected chi connectivity index (χ1v) is 7.70. The summed E-state index contributed by atoms with van der Waals surface area (Å²) in [4.78, 5) is 23.5. The van der Waals surface area contributed by atoms with Crippen LogP contribution in [0.2, 0.25) is 0 Å². The summed E-state index contributed by atoms with van der Waals surface area (Å²) in [6.45, 7) is 7.86. The second-order valence-electron chi connectivity index (χ2n) is 6.33. The molecule has 0 bridgehead atoms. The molecule has 0 unspecified atom stereocenters. The molecule has 0 fully saturated rings. The number of halogens is 1. The van der Waals surface area contributed by atoms with E-state index in [0.717, 1.165) is 6.42 Å². The molecule has 0 aromatic heterocycles. The Balaban J connectivity index is 0.00000484. The van der Waals surface area contributed by atoms with Crippen LogP contribution in [0.15, 0.2) is 24.3 Å². The number of carbonyl (C=O) groups is 2. The third-order valence-corrected chi connectivity index (χ3v) is 3.35. The van der Waals surface area contributed by atoms with Crippen molar-refractivity contribution < 1.29 is 9.59 Å². The van der Waals surface area contributed by atoms with Crippen molar-refractivity contribution in [3.63, 3.8) is 0 Å². The Bertz CT molecular complexity index is 496. The highest BCUT2D eigenvalue weighted by atomic mass is 35.5. The molecule has 130 valence electrons. The minimum atomic E-state index is -0.157. The maximum Gasteiger partial charge on any atom is 0.251 e. The molecule has 0 aliphatic carbocycles. The van der Waals surface area contributed by atoms with Gasteiger partial charge in [0, 0.05) is 25.1 Å². The van der Waals surface area contributed by atoms with E-state index in [4.69, 9.17) is 5.73 Å². The Labute approximate surface area is 144 Å². The molecule has 1 aromatic rings. The van der Waals surface area contributed by atoms with Crippen LogP contribution in [0.3, 0.4) is 0 Å². The predicted octanol–water partition coefficient (Wildman–Crippen LogP) is 1.99. The highest BCUT2D eigenvalue weighted by Crippen LogP contribution is 2.22. The smallest absolute Gasteiger partial charge is 0.251 e. The van der Waals surface area contributed by atoms with Gasteiger partial charge in [-0.05, 0) is 36.1 Å². The third-order valence-electron chi connectivity index (χ3n) is 3.35. The molecule has 0 radical (unpaired) electrons. The molecule has 6 heteroatoms. The first-order chi connectivity index (χ1) is 10.3. The van der Waals surface area contributed by atoms with Gasteiger partial charge in [0.1, 0.15) is 0 Å². The van der Waals surface area contributed by atoms with E-state index in [1.54, 1.807) is 0 Å². The molecule has 1 rings (SSSR count). The van der Waals surface area contributed by atoms with Crippen LogP contribution in [0.25, 0.3) is 0 Å². The van der Waals surface area contributed by atoms with E-state index in [1.807, 2.05) is 24.3 Å². The summed E-state index contributed by atoms with van der Waals surface area (Å²) in [7, 11) is 0. The normalized spacial score (nSPS) is 10.6. The van der Waals surface area contributed by atoms with Gasteiger partial charge in [0.25, 0.3) is 5.91 Å². The van der Waals surface area contributed by atoms with Crippen molar-refractivity contribution in [2.24, 2.45) is 5.73 Å². The average molecular weight is 342 g/mol. The number of nitrogens with two attached hydrogens (primary N) is 1. The van der Waals surface area contributed by atoms with Gasteiger partial charge in [-0.25, -0.2) is 0 Å². The lowest BCUT2D eigenvalue weighted by Crippen LogP contribution is -2.31. The van der Waals surface area contributed by atoms with Gasteiger partial charge in [0.2, 0.25) is 5.91 Å². The van der Waals surface area contributed by atoms with Crippen LogP contribution in [-0.4, -0.2) is 31.4 Å². The molecular weight excluding hydrogens is 314 g/mol. The molecule has 4 N–H and O–H groups in total. The van der Waals surface area contributed by atoms with Crippen molar-refractivity contribution in [1.82, 2.24) is 10.6 Å². The maximum absolute atomic E-state index is 12.0. The minimum Gasteiger partial charge on any atom is -0.356 e. The van der Waals surface area contributed by atoms with Gasteiger partial charge in [0.05, 0.1) is 0 Å². The van der Waals surface area contributed by atoms with E-state index in [-0.39, 0.29) is 36.1 Å². The first-order valence-electron chi connectivity index (χ1n) is 7.70. The zero-order valence-corrected chi connectivity index (χ0v) is 15.0. The standard InChI is InChI=1S/C17H27N3O2.ClH/c1-17(2,3)14-7-5-13(6-8-14)16(22)20-12-9-15(21)19-11-4-10-18;/h5-8H,4,9-12,18H2,1-3H3,(H,19,21)(H,20,22);1H. The zero-order chi connectivity index (χ0) is 16.6. The molecule has 2 amide bonds. The SMILES string of the molecule is CC(C)(C)c1ccc(C(=O)NCCC(=O)NCCCN)cc1.Cl. The number of rotatable bonds is 7. The number of amides is 2. The third kappa shape index (κ3) is 8.00. The van der Waals surface area contributed by atoms with Crippen LogP contribution in [0, 0.1) is 0 Å². The molecule has 0 heterocycles. The Morgan fingerprint density at radius 3 is 2.17 bits per heavy atom. The van der Waals surface area contributed by atoms with Crippen LogP contribution < -0.4 is 16.4 Å². The summed E-state index contributed by atoms with van der Waals surface area (Å²) in [5.74, 6) is -0.230. The second kappa shape index (κ2) is 10.2. The molecule has 1 aromatic carbocycles. The largest absolute Gasteiger partial charge is 0.356 e. The Morgan fingerprint density at radius 2 is 1.65 bits per heavy atom. The topological polar surface area (TPSA) is 84.2 Å². The Morgan fingerprint density at radius 1 is 1.04 bits per heavy atom. The lowest BCUT2D eigenvalue weighted by atomic mass is 9.87. The van der Waals surface area contributed by atoms with E-state index >= 15 is 0 Å².